The molecule has 5 rings (SSSR count). The Morgan fingerprint density at radius 1 is 1.12 bits per heavy atom. The van der Waals surface area contributed by atoms with E-state index in [1.807, 2.05) is 11.8 Å². The predicted molar refractivity (Wildman–Crippen MR) is 118 cm³/mol. The highest BCUT2D eigenvalue weighted by atomic mass is 16.6. The molecular formula is C23H22N4O6. The van der Waals surface area contributed by atoms with Crippen molar-refractivity contribution >= 4 is 34.9 Å². The lowest BCUT2D eigenvalue weighted by Gasteiger charge is -2.56. The minimum atomic E-state index is -1.70. The van der Waals surface area contributed by atoms with E-state index in [1.165, 1.54) is 12.1 Å². The molecule has 0 saturated carbocycles. The number of non-ortho nitro benzene ring substituents is 1. The van der Waals surface area contributed by atoms with Gasteiger partial charge in [0.2, 0.25) is 5.91 Å². The number of morpholine rings is 1. The number of carbonyl (C=O) groups is 3. The molecule has 33 heavy (non-hydrogen) atoms. The van der Waals surface area contributed by atoms with Crippen molar-refractivity contribution in [1.82, 2.24) is 5.32 Å². The van der Waals surface area contributed by atoms with Gasteiger partial charge in [0, 0.05) is 30.8 Å². The number of nitro benzene ring substituents is 1. The lowest BCUT2D eigenvalue weighted by molar-refractivity contribution is -0.384. The minimum absolute atomic E-state index is 0.0887. The summed E-state index contributed by atoms with van der Waals surface area (Å²) >= 11 is 0. The second-order valence-corrected chi connectivity index (χ2v) is 8.70. The number of ether oxygens (including phenoxy) is 1. The van der Waals surface area contributed by atoms with E-state index in [0.29, 0.717) is 17.8 Å². The van der Waals surface area contributed by atoms with Crippen LogP contribution in [0.4, 0.5) is 21.9 Å². The summed E-state index contributed by atoms with van der Waals surface area (Å²) in [5.74, 6) is -1.39. The number of barbiturate groups is 1. The van der Waals surface area contributed by atoms with Crippen LogP contribution < -0.4 is 15.1 Å². The van der Waals surface area contributed by atoms with Crippen LogP contribution in [-0.4, -0.2) is 47.6 Å². The molecule has 4 atom stereocenters. The lowest BCUT2D eigenvalue weighted by atomic mass is 9.66. The molecule has 1 spiro atoms. The molecule has 170 valence electrons. The predicted octanol–water partition coefficient (Wildman–Crippen LogP) is 2.40. The van der Waals surface area contributed by atoms with E-state index in [4.69, 9.17) is 4.74 Å². The first-order valence-electron chi connectivity index (χ1n) is 10.7. The van der Waals surface area contributed by atoms with Crippen LogP contribution in [0.5, 0.6) is 0 Å². The smallest absolute Gasteiger partial charge is 0.335 e. The molecule has 0 aliphatic carbocycles. The molecule has 0 aromatic heterocycles. The Kier molecular flexibility index (Phi) is 4.71. The number of imide groups is 2. The number of carbonyl (C=O) groups excluding carboxylic acids is 3. The maximum Gasteiger partial charge on any atom is 0.335 e. The van der Waals surface area contributed by atoms with Crippen molar-refractivity contribution in [2.75, 3.05) is 16.3 Å². The van der Waals surface area contributed by atoms with Crippen molar-refractivity contribution in [1.29, 1.82) is 0 Å². The second-order valence-electron chi connectivity index (χ2n) is 8.70. The quantitative estimate of drug-likeness (QED) is 0.423. The largest absolute Gasteiger partial charge is 0.372 e. The molecule has 2 aromatic rings. The number of nitro groups is 1. The molecule has 1 N–H and O–H groups in total. The molecule has 0 radical (unpaired) electrons. The van der Waals surface area contributed by atoms with Crippen LogP contribution in [0.3, 0.4) is 0 Å². The first-order valence-corrected chi connectivity index (χ1v) is 10.7. The minimum Gasteiger partial charge on any atom is -0.372 e. The Morgan fingerprint density at radius 2 is 1.85 bits per heavy atom. The van der Waals surface area contributed by atoms with Crippen LogP contribution in [0, 0.1) is 15.5 Å². The molecule has 3 heterocycles. The zero-order valence-electron chi connectivity index (χ0n) is 18.1. The fourth-order valence-corrected chi connectivity index (χ4v) is 5.44. The summed E-state index contributed by atoms with van der Waals surface area (Å²) in [6.07, 6.45) is -0.796. The normalized spacial score (nSPS) is 28.9. The van der Waals surface area contributed by atoms with Gasteiger partial charge >= 0.3 is 6.03 Å². The Labute approximate surface area is 189 Å². The number of hydrogen-bond acceptors (Lipinski definition) is 7. The van der Waals surface area contributed by atoms with Gasteiger partial charge in [-0.15, -0.1) is 0 Å². The number of amides is 4. The topological polar surface area (TPSA) is 122 Å². The molecule has 0 bridgehead atoms. The monoisotopic (exact) mass is 450 g/mol. The van der Waals surface area contributed by atoms with E-state index >= 15 is 0 Å². The summed E-state index contributed by atoms with van der Waals surface area (Å²) in [6.45, 7) is 4.08. The van der Waals surface area contributed by atoms with Gasteiger partial charge in [0.05, 0.1) is 28.9 Å². The number of fused-ring (bicyclic) bond motifs is 4. The summed E-state index contributed by atoms with van der Waals surface area (Å²) < 4.78 is 6.04. The van der Waals surface area contributed by atoms with Crippen molar-refractivity contribution in [3.05, 3.63) is 64.2 Å². The summed E-state index contributed by atoms with van der Waals surface area (Å²) in [6, 6.07) is 11.3. The second kappa shape index (κ2) is 7.38. The Morgan fingerprint density at radius 3 is 2.55 bits per heavy atom. The summed E-state index contributed by atoms with van der Waals surface area (Å²) in [4.78, 5) is 54.1. The zero-order valence-corrected chi connectivity index (χ0v) is 18.1. The Bertz CT molecular complexity index is 1180. The lowest BCUT2D eigenvalue weighted by Crippen LogP contribution is -2.76. The van der Waals surface area contributed by atoms with E-state index < -0.39 is 40.3 Å². The number of hydrogen-bond donors (Lipinski definition) is 1. The van der Waals surface area contributed by atoms with E-state index in [-0.39, 0.29) is 18.2 Å². The van der Waals surface area contributed by atoms with Crippen molar-refractivity contribution in [2.24, 2.45) is 5.41 Å². The highest BCUT2D eigenvalue weighted by molar-refractivity contribution is 6.30. The van der Waals surface area contributed by atoms with Crippen LogP contribution >= 0.6 is 0 Å². The third-order valence-corrected chi connectivity index (χ3v) is 6.67. The van der Waals surface area contributed by atoms with Crippen molar-refractivity contribution in [3.8, 4) is 0 Å². The fourth-order valence-electron chi connectivity index (χ4n) is 5.44. The maximum absolute atomic E-state index is 14.1. The van der Waals surface area contributed by atoms with Gasteiger partial charge in [-0.25, -0.2) is 9.69 Å². The van der Waals surface area contributed by atoms with Gasteiger partial charge in [0.15, 0.2) is 5.41 Å². The van der Waals surface area contributed by atoms with Crippen LogP contribution in [-0.2, 0) is 20.7 Å². The maximum atomic E-state index is 14.1. The highest BCUT2D eigenvalue weighted by Crippen LogP contribution is 2.48. The average Bonchev–Trinajstić information content (AvgIpc) is 2.77. The molecule has 0 unspecified atom stereocenters. The van der Waals surface area contributed by atoms with Crippen LogP contribution in [0.1, 0.15) is 19.4 Å². The van der Waals surface area contributed by atoms with Crippen molar-refractivity contribution in [2.45, 2.75) is 38.5 Å². The van der Waals surface area contributed by atoms with Gasteiger partial charge in [-0.1, -0.05) is 18.2 Å². The zero-order chi connectivity index (χ0) is 23.5. The molecule has 10 nitrogen and oxygen atoms in total. The molecule has 3 aliphatic rings. The average molecular weight is 450 g/mol. The van der Waals surface area contributed by atoms with E-state index in [9.17, 15) is 24.5 Å². The van der Waals surface area contributed by atoms with Gasteiger partial charge in [-0.3, -0.25) is 25.0 Å². The number of urea groups is 1. The first kappa shape index (κ1) is 21.1. The number of rotatable bonds is 2. The van der Waals surface area contributed by atoms with E-state index in [1.54, 1.807) is 43.3 Å². The number of para-hydroxylation sites is 1. The summed E-state index contributed by atoms with van der Waals surface area (Å²) in [7, 11) is 0. The van der Waals surface area contributed by atoms with Crippen LogP contribution in [0.25, 0.3) is 0 Å². The molecule has 2 aromatic carbocycles. The van der Waals surface area contributed by atoms with Gasteiger partial charge in [0.1, 0.15) is 0 Å². The molecule has 2 fully saturated rings. The number of nitrogens with zero attached hydrogens (tertiary/aromatic N) is 3. The Hall–Kier alpha value is -3.79. The molecule has 2 saturated heterocycles. The summed E-state index contributed by atoms with van der Waals surface area (Å²) in [5.41, 5.74) is -0.266. The SMILES string of the molecule is C[C@@H]1O[C@@H](C)CN2c3ccc([N+](=O)[O-])cc3C[C@]3(C(=O)NC(=O)N(c4ccccc4)C3=O)[C@H]12. The van der Waals surface area contributed by atoms with Gasteiger partial charge < -0.3 is 9.64 Å². The van der Waals surface area contributed by atoms with Crippen molar-refractivity contribution < 1.29 is 24.0 Å². The third kappa shape index (κ3) is 3.01. The fraction of sp³-hybridized carbons (Fsp3) is 0.348. The van der Waals surface area contributed by atoms with E-state index in [2.05, 4.69) is 5.32 Å². The molecule has 3 aliphatic heterocycles. The number of benzene rings is 2. The standard InChI is InChI=1S/C23H22N4O6/c1-13-12-25-18-9-8-17(27(31)32)10-15(18)11-23(19(25)14(2)33-13)20(28)24-22(30)26(21(23)29)16-6-4-3-5-7-16/h3-10,13-14,19H,11-12H2,1-2H3,(H,24,28,30)/t13-,14-,19-,23+/m0/s1. The first-order chi connectivity index (χ1) is 15.7. The summed E-state index contributed by atoms with van der Waals surface area (Å²) in [5, 5.41) is 13.8. The Balaban J connectivity index is 1.71. The highest BCUT2D eigenvalue weighted by Gasteiger charge is 2.65. The van der Waals surface area contributed by atoms with E-state index in [0.717, 1.165) is 10.6 Å². The molecular weight excluding hydrogens is 428 g/mol. The molecule has 10 heteroatoms. The van der Waals surface area contributed by atoms with Gasteiger partial charge in [-0.2, -0.15) is 0 Å². The molecule has 4 amide bonds. The van der Waals surface area contributed by atoms with Gasteiger partial charge in [0.25, 0.3) is 11.6 Å². The van der Waals surface area contributed by atoms with Crippen molar-refractivity contribution in [3.63, 3.8) is 0 Å². The number of nitrogens with one attached hydrogen (secondary N) is 1. The van der Waals surface area contributed by atoms with Crippen LogP contribution in [0.15, 0.2) is 48.5 Å². The van der Waals surface area contributed by atoms with Crippen LogP contribution in [0.2, 0.25) is 0 Å². The van der Waals surface area contributed by atoms with Gasteiger partial charge in [-0.05, 0) is 37.6 Å². The number of anilines is 2. The third-order valence-electron chi connectivity index (χ3n) is 6.67.